The standard InChI is InChI=1S/C41H23N3/c1-2-13-27-24(10-1)29-23-37-30(22-31(29)39-38(27)42-20-21-43-39)28-14-9-18-35-40(28)44(37)36-19-8-7-17-34(36)41(35)32-15-5-3-11-25(32)26-12-4-6-16-33(26)41/h1-23H. The molecule has 0 unspecified atom stereocenters. The van der Waals surface area contributed by atoms with E-state index in [-0.39, 0.29) is 0 Å². The number of rotatable bonds is 0. The van der Waals surface area contributed by atoms with Crippen LogP contribution in [0.1, 0.15) is 22.3 Å². The van der Waals surface area contributed by atoms with Gasteiger partial charge in [0.15, 0.2) is 0 Å². The lowest BCUT2D eigenvalue weighted by molar-refractivity contribution is 0.748. The SMILES string of the molecule is c1ccc2c(c1)-c1ccccc1C21c2ccccc2-n2c3cc4c5ccccc5c5nccnc5c4cc3c3cccc1c32. The minimum absolute atomic E-state index is 0.405. The number of benzene rings is 7. The van der Waals surface area contributed by atoms with E-state index in [1.54, 1.807) is 6.20 Å². The largest absolute Gasteiger partial charge is 0.309 e. The fourth-order valence-electron chi connectivity index (χ4n) is 8.69. The predicted molar refractivity (Wildman–Crippen MR) is 180 cm³/mol. The van der Waals surface area contributed by atoms with Gasteiger partial charge < -0.3 is 4.57 Å². The van der Waals surface area contributed by atoms with E-state index >= 15 is 0 Å². The molecule has 0 amide bonds. The van der Waals surface area contributed by atoms with Crippen LogP contribution in [0.15, 0.2) is 140 Å². The molecule has 3 heterocycles. The zero-order valence-electron chi connectivity index (χ0n) is 23.6. The summed E-state index contributed by atoms with van der Waals surface area (Å²) in [6.45, 7) is 0. The van der Waals surface area contributed by atoms with Gasteiger partial charge in [0.2, 0.25) is 0 Å². The molecular formula is C41H23N3. The molecule has 0 saturated heterocycles. The lowest BCUT2D eigenvalue weighted by Gasteiger charge is -2.39. The van der Waals surface area contributed by atoms with Crippen LogP contribution in [0.2, 0.25) is 0 Å². The van der Waals surface area contributed by atoms with Crippen molar-refractivity contribution in [2.45, 2.75) is 5.41 Å². The Bertz CT molecular complexity index is 2690. The monoisotopic (exact) mass is 557 g/mol. The van der Waals surface area contributed by atoms with Crippen LogP contribution in [0.4, 0.5) is 0 Å². The summed E-state index contributed by atoms with van der Waals surface area (Å²) in [5.41, 5.74) is 13.2. The fraction of sp³-hybridized carbons (Fsp3) is 0.0244. The van der Waals surface area contributed by atoms with Gasteiger partial charge >= 0.3 is 0 Å². The van der Waals surface area contributed by atoms with Crippen LogP contribution in [0.5, 0.6) is 0 Å². The maximum Gasteiger partial charge on any atom is 0.0971 e. The Morgan fingerprint density at radius 1 is 0.432 bits per heavy atom. The van der Waals surface area contributed by atoms with Gasteiger partial charge in [-0.05, 0) is 62.4 Å². The van der Waals surface area contributed by atoms with Crippen LogP contribution < -0.4 is 0 Å². The van der Waals surface area contributed by atoms with Crippen molar-refractivity contribution in [1.29, 1.82) is 0 Å². The number of aromatic nitrogens is 3. The molecule has 11 rings (SSSR count). The van der Waals surface area contributed by atoms with E-state index < -0.39 is 5.41 Å². The van der Waals surface area contributed by atoms with E-state index in [4.69, 9.17) is 9.97 Å². The maximum absolute atomic E-state index is 4.88. The normalized spacial score (nSPS) is 14.1. The van der Waals surface area contributed by atoms with E-state index in [2.05, 4.69) is 132 Å². The number of para-hydroxylation sites is 2. The van der Waals surface area contributed by atoms with Crippen LogP contribution >= 0.6 is 0 Å². The second-order valence-electron chi connectivity index (χ2n) is 12.1. The molecule has 1 aliphatic heterocycles. The van der Waals surface area contributed by atoms with Gasteiger partial charge in [-0.25, -0.2) is 0 Å². The van der Waals surface area contributed by atoms with Crippen LogP contribution in [0, 0.1) is 0 Å². The first-order valence-electron chi connectivity index (χ1n) is 15.2. The van der Waals surface area contributed by atoms with Gasteiger partial charge in [-0.3, -0.25) is 9.97 Å². The molecule has 1 aliphatic carbocycles. The molecular weight excluding hydrogens is 534 g/mol. The van der Waals surface area contributed by atoms with E-state index in [1.165, 1.54) is 71.6 Å². The zero-order chi connectivity index (χ0) is 28.6. The summed E-state index contributed by atoms with van der Waals surface area (Å²) in [6.07, 6.45) is 3.61. The van der Waals surface area contributed by atoms with E-state index in [0.29, 0.717) is 0 Å². The average molecular weight is 558 g/mol. The number of hydrogen-bond acceptors (Lipinski definition) is 2. The summed E-state index contributed by atoms with van der Waals surface area (Å²) in [7, 11) is 0. The van der Waals surface area contributed by atoms with Crippen LogP contribution in [-0.2, 0) is 5.41 Å². The van der Waals surface area contributed by atoms with Gasteiger partial charge in [-0.15, -0.1) is 0 Å². The van der Waals surface area contributed by atoms with Crippen molar-refractivity contribution in [3.05, 3.63) is 162 Å². The Balaban J connectivity index is 1.40. The van der Waals surface area contributed by atoms with Gasteiger partial charge in [0.25, 0.3) is 0 Å². The summed E-state index contributed by atoms with van der Waals surface area (Å²) >= 11 is 0. The summed E-state index contributed by atoms with van der Waals surface area (Å²) in [5.74, 6) is 0. The molecule has 7 aromatic carbocycles. The van der Waals surface area contributed by atoms with Crippen molar-refractivity contribution < 1.29 is 0 Å². The topological polar surface area (TPSA) is 30.7 Å². The van der Waals surface area contributed by atoms with Gasteiger partial charge in [0, 0.05) is 33.9 Å². The molecule has 0 saturated carbocycles. The second kappa shape index (κ2) is 7.77. The molecule has 2 aliphatic rings. The molecule has 9 aromatic rings. The van der Waals surface area contributed by atoms with Crippen molar-refractivity contribution in [2.75, 3.05) is 0 Å². The van der Waals surface area contributed by atoms with Crippen molar-refractivity contribution in [3.63, 3.8) is 0 Å². The molecule has 1 spiro atoms. The first-order chi connectivity index (χ1) is 21.9. The second-order valence-corrected chi connectivity index (χ2v) is 12.1. The molecule has 0 radical (unpaired) electrons. The molecule has 0 bridgehead atoms. The smallest absolute Gasteiger partial charge is 0.0971 e. The van der Waals surface area contributed by atoms with E-state index in [1.807, 2.05) is 6.20 Å². The summed E-state index contributed by atoms with van der Waals surface area (Å²) in [5, 5.41) is 7.19. The maximum atomic E-state index is 4.88. The Hall–Kier alpha value is -5.80. The molecule has 44 heavy (non-hydrogen) atoms. The number of hydrogen-bond donors (Lipinski definition) is 0. The minimum atomic E-state index is -0.405. The third-order valence-corrected chi connectivity index (χ3v) is 10.3. The fourth-order valence-corrected chi connectivity index (χ4v) is 8.69. The molecule has 0 fully saturated rings. The summed E-state index contributed by atoms with van der Waals surface area (Å²) in [4.78, 5) is 9.68. The Morgan fingerprint density at radius 3 is 1.80 bits per heavy atom. The Morgan fingerprint density at radius 2 is 1.02 bits per heavy atom. The van der Waals surface area contributed by atoms with Crippen LogP contribution in [0.3, 0.4) is 0 Å². The van der Waals surface area contributed by atoms with E-state index in [0.717, 1.165) is 21.8 Å². The predicted octanol–water partition coefficient (Wildman–Crippen LogP) is 9.71. The number of nitrogens with zero attached hydrogens (tertiary/aromatic N) is 3. The van der Waals surface area contributed by atoms with Crippen molar-refractivity contribution in [3.8, 4) is 16.8 Å². The van der Waals surface area contributed by atoms with Gasteiger partial charge in [0.05, 0.1) is 33.2 Å². The summed E-state index contributed by atoms with van der Waals surface area (Å²) < 4.78 is 2.53. The zero-order valence-corrected chi connectivity index (χ0v) is 23.6. The molecule has 2 aromatic heterocycles. The first kappa shape index (κ1) is 22.8. The molecule has 0 atom stereocenters. The van der Waals surface area contributed by atoms with E-state index in [9.17, 15) is 0 Å². The van der Waals surface area contributed by atoms with Crippen molar-refractivity contribution >= 4 is 54.4 Å². The highest BCUT2D eigenvalue weighted by Crippen LogP contribution is 2.61. The molecule has 202 valence electrons. The third kappa shape index (κ3) is 2.45. The summed E-state index contributed by atoms with van der Waals surface area (Å²) in [6, 6.07) is 47.3. The van der Waals surface area contributed by atoms with Crippen LogP contribution in [-0.4, -0.2) is 14.5 Å². The highest BCUT2D eigenvalue weighted by atomic mass is 15.0. The van der Waals surface area contributed by atoms with Gasteiger partial charge in [-0.1, -0.05) is 109 Å². The lowest BCUT2D eigenvalue weighted by atomic mass is 9.65. The average Bonchev–Trinajstić information content (AvgIpc) is 3.58. The molecule has 0 N–H and O–H groups in total. The lowest BCUT2D eigenvalue weighted by Crippen LogP contribution is -2.33. The van der Waals surface area contributed by atoms with Crippen molar-refractivity contribution in [1.82, 2.24) is 14.5 Å². The first-order valence-corrected chi connectivity index (χ1v) is 15.2. The minimum Gasteiger partial charge on any atom is -0.309 e. The highest BCUT2D eigenvalue weighted by molar-refractivity contribution is 6.27. The van der Waals surface area contributed by atoms with Gasteiger partial charge in [-0.2, -0.15) is 0 Å². The third-order valence-electron chi connectivity index (χ3n) is 10.3. The highest BCUT2D eigenvalue weighted by Gasteiger charge is 2.50. The molecule has 3 heteroatoms. The van der Waals surface area contributed by atoms with Crippen LogP contribution in [0.25, 0.3) is 71.2 Å². The van der Waals surface area contributed by atoms with Crippen molar-refractivity contribution in [2.24, 2.45) is 0 Å². The molecule has 3 nitrogen and oxygen atoms in total. The number of fused-ring (bicyclic) bond motifs is 18. The quantitative estimate of drug-likeness (QED) is 0.174. The Labute approximate surface area is 252 Å². The van der Waals surface area contributed by atoms with Gasteiger partial charge in [0.1, 0.15) is 0 Å². The Kier molecular flexibility index (Phi) is 4.02.